The lowest BCUT2D eigenvalue weighted by atomic mass is 10.2. The molecule has 0 fully saturated rings. The number of rotatable bonds is 3. The number of hydrogen-bond donors (Lipinski definition) is 1. The van der Waals surface area contributed by atoms with Crippen LogP contribution >= 0.6 is 11.8 Å². The highest BCUT2D eigenvalue weighted by atomic mass is 32.2. The van der Waals surface area contributed by atoms with Crippen LogP contribution in [-0.2, 0) is 5.75 Å². The van der Waals surface area contributed by atoms with Crippen LogP contribution in [0, 0.1) is 18.3 Å². The maximum Gasteiger partial charge on any atom is 0.0991 e. The molecule has 0 bridgehead atoms. The van der Waals surface area contributed by atoms with Crippen LogP contribution in [0.5, 0.6) is 0 Å². The molecule has 18 heavy (non-hydrogen) atoms. The third-order valence-electron chi connectivity index (χ3n) is 2.70. The van der Waals surface area contributed by atoms with E-state index in [0.29, 0.717) is 5.56 Å². The van der Waals surface area contributed by atoms with Gasteiger partial charge >= 0.3 is 0 Å². The molecule has 2 aromatic rings. The van der Waals surface area contributed by atoms with E-state index < -0.39 is 0 Å². The van der Waals surface area contributed by atoms with Crippen LogP contribution in [0.3, 0.4) is 0 Å². The molecule has 0 aliphatic carbocycles. The first-order valence-electron chi connectivity index (χ1n) is 5.67. The Morgan fingerprint density at radius 2 is 2.06 bits per heavy atom. The number of hydrogen-bond acceptors (Lipinski definition) is 3. The van der Waals surface area contributed by atoms with E-state index in [0.717, 1.165) is 22.6 Å². The van der Waals surface area contributed by atoms with Crippen molar-refractivity contribution >= 4 is 17.4 Å². The van der Waals surface area contributed by atoms with Gasteiger partial charge in [0.2, 0.25) is 0 Å². The lowest BCUT2D eigenvalue weighted by Crippen LogP contribution is -1.89. The molecule has 0 radical (unpaired) electrons. The Morgan fingerprint density at radius 1 is 1.22 bits per heavy atom. The van der Waals surface area contributed by atoms with Gasteiger partial charge in [0, 0.05) is 16.3 Å². The van der Waals surface area contributed by atoms with E-state index in [-0.39, 0.29) is 0 Å². The second-order valence-corrected chi connectivity index (χ2v) is 5.17. The van der Waals surface area contributed by atoms with E-state index in [1.54, 1.807) is 11.8 Å². The van der Waals surface area contributed by atoms with Crippen LogP contribution in [0.4, 0.5) is 5.69 Å². The number of nitrogen functional groups attached to an aromatic ring is 1. The van der Waals surface area contributed by atoms with E-state index in [1.165, 1.54) is 4.90 Å². The molecule has 2 N–H and O–H groups in total. The molecule has 2 rings (SSSR count). The first-order chi connectivity index (χ1) is 8.69. The molecule has 0 saturated heterocycles. The summed E-state index contributed by atoms with van der Waals surface area (Å²) in [5, 5.41) is 8.84. The maximum absolute atomic E-state index is 8.84. The van der Waals surface area contributed by atoms with Crippen LogP contribution in [0.1, 0.15) is 16.7 Å². The maximum atomic E-state index is 8.84. The Kier molecular flexibility index (Phi) is 3.91. The molecule has 0 aromatic heterocycles. The van der Waals surface area contributed by atoms with Crippen molar-refractivity contribution in [2.24, 2.45) is 0 Å². The first-order valence-corrected chi connectivity index (χ1v) is 6.65. The zero-order valence-corrected chi connectivity index (χ0v) is 11.0. The summed E-state index contributed by atoms with van der Waals surface area (Å²) in [7, 11) is 0. The van der Waals surface area contributed by atoms with E-state index in [4.69, 9.17) is 11.0 Å². The third-order valence-corrected chi connectivity index (χ3v) is 3.77. The highest BCUT2D eigenvalue weighted by Crippen LogP contribution is 2.25. The van der Waals surface area contributed by atoms with Gasteiger partial charge in [-0.25, -0.2) is 0 Å². The Morgan fingerprint density at radius 3 is 2.78 bits per heavy atom. The summed E-state index contributed by atoms with van der Waals surface area (Å²) in [6.45, 7) is 2.01. The lowest BCUT2D eigenvalue weighted by Gasteiger charge is -2.05. The molecule has 0 unspecified atom stereocenters. The van der Waals surface area contributed by atoms with E-state index in [1.807, 2.05) is 43.3 Å². The molecule has 0 aliphatic heterocycles. The zero-order valence-electron chi connectivity index (χ0n) is 10.2. The van der Waals surface area contributed by atoms with Gasteiger partial charge in [-0.2, -0.15) is 5.26 Å². The number of anilines is 1. The summed E-state index contributed by atoms with van der Waals surface area (Å²) in [6, 6.07) is 15.9. The zero-order chi connectivity index (χ0) is 13.0. The van der Waals surface area contributed by atoms with Crippen LogP contribution in [0.25, 0.3) is 0 Å². The van der Waals surface area contributed by atoms with Crippen LogP contribution in [0.15, 0.2) is 47.4 Å². The average molecular weight is 254 g/mol. The fraction of sp³-hybridized carbons (Fsp3) is 0.133. The highest BCUT2D eigenvalue weighted by Gasteiger charge is 2.00. The summed E-state index contributed by atoms with van der Waals surface area (Å²) in [5.74, 6) is 0.860. The molecule has 90 valence electrons. The van der Waals surface area contributed by atoms with Crippen molar-refractivity contribution < 1.29 is 0 Å². The molecule has 0 amide bonds. The quantitative estimate of drug-likeness (QED) is 0.670. The normalized spacial score (nSPS) is 10.0. The monoisotopic (exact) mass is 254 g/mol. The van der Waals surface area contributed by atoms with Gasteiger partial charge in [-0.05, 0) is 48.4 Å². The Hall–Kier alpha value is -1.92. The fourth-order valence-electron chi connectivity index (χ4n) is 1.64. The minimum atomic E-state index is 0.710. The first kappa shape index (κ1) is 12.5. The van der Waals surface area contributed by atoms with Gasteiger partial charge in [0.15, 0.2) is 0 Å². The average Bonchev–Trinajstić information content (AvgIpc) is 2.40. The molecule has 0 heterocycles. The predicted molar refractivity (Wildman–Crippen MR) is 76.3 cm³/mol. The van der Waals surface area contributed by atoms with Crippen molar-refractivity contribution in [1.29, 1.82) is 5.26 Å². The Balaban J connectivity index is 2.07. The van der Waals surface area contributed by atoms with Crippen LogP contribution < -0.4 is 5.73 Å². The van der Waals surface area contributed by atoms with Crippen molar-refractivity contribution in [3.05, 3.63) is 59.2 Å². The summed E-state index contributed by atoms with van der Waals surface area (Å²) in [5.41, 5.74) is 9.59. The van der Waals surface area contributed by atoms with Crippen molar-refractivity contribution in [2.75, 3.05) is 5.73 Å². The highest BCUT2D eigenvalue weighted by molar-refractivity contribution is 7.98. The summed E-state index contributed by atoms with van der Waals surface area (Å²) < 4.78 is 0. The van der Waals surface area contributed by atoms with Gasteiger partial charge < -0.3 is 5.73 Å². The second kappa shape index (κ2) is 5.61. The molecule has 0 aliphatic rings. The number of thioether (sulfide) groups is 1. The van der Waals surface area contributed by atoms with Crippen LogP contribution in [0.2, 0.25) is 0 Å². The van der Waals surface area contributed by atoms with Crippen LogP contribution in [-0.4, -0.2) is 0 Å². The van der Waals surface area contributed by atoms with Gasteiger partial charge in [0.25, 0.3) is 0 Å². The summed E-state index contributed by atoms with van der Waals surface area (Å²) in [4.78, 5) is 1.20. The summed E-state index contributed by atoms with van der Waals surface area (Å²) in [6.07, 6.45) is 0. The number of nitrogens with zero attached hydrogens (tertiary/aromatic N) is 1. The lowest BCUT2D eigenvalue weighted by molar-refractivity contribution is 1.33. The van der Waals surface area contributed by atoms with Gasteiger partial charge in [-0.15, -0.1) is 11.8 Å². The number of benzene rings is 2. The van der Waals surface area contributed by atoms with E-state index in [9.17, 15) is 0 Å². The SMILES string of the molecule is Cc1cc(SCc2cccc(C#N)c2)ccc1N. The van der Waals surface area contributed by atoms with Crippen molar-refractivity contribution in [1.82, 2.24) is 0 Å². The number of aryl methyl sites for hydroxylation is 1. The topological polar surface area (TPSA) is 49.8 Å². The molecular formula is C15H14N2S. The van der Waals surface area contributed by atoms with Crippen molar-refractivity contribution in [2.45, 2.75) is 17.6 Å². The third kappa shape index (κ3) is 3.06. The predicted octanol–water partition coefficient (Wildman–Crippen LogP) is 3.74. The molecule has 2 aromatic carbocycles. The smallest absolute Gasteiger partial charge is 0.0991 e. The largest absolute Gasteiger partial charge is 0.399 e. The van der Waals surface area contributed by atoms with E-state index in [2.05, 4.69) is 12.1 Å². The standard InChI is InChI=1S/C15H14N2S/c1-11-7-14(5-6-15(11)17)18-10-13-4-2-3-12(8-13)9-16/h2-8H,10,17H2,1H3. The molecule has 0 spiro atoms. The molecule has 3 heteroatoms. The second-order valence-electron chi connectivity index (χ2n) is 4.12. The molecular weight excluding hydrogens is 240 g/mol. The van der Waals surface area contributed by atoms with Gasteiger partial charge in [0.1, 0.15) is 0 Å². The molecule has 2 nitrogen and oxygen atoms in total. The van der Waals surface area contributed by atoms with Crippen molar-refractivity contribution in [3.8, 4) is 6.07 Å². The minimum Gasteiger partial charge on any atom is -0.399 e. The summed E-state index contributed by atoms with van der Waals surface area (Å²) >= 11 is 1.75. The van der Waals surface area contributed by atoms with Gasteiger partial charge in [-0.3, -0.25) is 0 Å². The molecule has 0 saturated carbocycles. The molecule has 0 atom stereocenters. The van der Waals surface area contributed by atoms with Crippen molar-refractivity contribution in [3.63, 3.8) is 0 Å². The number of nitriles is 1. The van der Waals surface area contributed by atoms with E-state index >= 15 is 0 Å². The van der Waals surface area contributed by atoms with Gasteiger partial charge in [0.05, 0.1) is 11.6 Å². The number of nitrogens with two attached hydrogens (primary N) is 1. The minimum absolute atomic E-state index is 0.710. The fourth-order valence-corrected chi connectivity index (χ4v) is 2.57. The van der Waals surface area contributed by atoms with Gasteiger partial charge in [-0.1, -0.05) is 12.1 Å². The Bertz CT molecular complexity index is 600. The Labute approximate surface area is 111 Å².